The van der Waals surface area contributed by atoms with E-state index in [4.69, 9.17) is 10.00 Å². The molecule has 0 aliphatic carbocycles. The first-order chi connectivity index (χ1) is 7.97. The van der Waals surface area contributed by atoms with Crippen molar-refractivity contribution in [3.8, 4) is 6.07 Å². The van der Waals surface area contributed by atoms with Crippen molar-refractivity contribution in [1.82, 2.24) is 4.90 Å². The highest BCUT2D eigenvalue weighted by atomic mass is 19.4. The van der Waals surface area contributed by atoms with E-state index in [2.05, 4.69) is 0 Å². The molecule has 0 radical (unpaired) electrons. The van der Waals surface area contributed by atoms with Crippen molar-refractivity contribution in [1.29, 1.82) is 5.26 Å². The van der Waals surface area contributed by atoms with Gasteiger partial charge in [-0.2, -0.15) is 18.4 Å². The number of alkyl halides is 3. The highest BCUT2D eigenvalue weighted by molar-refractivity contribution is 4.91. The molecule has 2 atom stereocenters. The molecule has 1 saturated heterocycles. The summed E-state index contributed by atoms with van der Waals surface area (Å²) in [5.74, 6) is -1.90. The minimum absolute atomic E-state index is 0.00123. The third-order valence-corrected chi connectivity index (χ3v) is 2.86. The van der Waals surface area contributed by atoms with Crippen LogP contribution in [0.2, 0.25) is 0 Å². The third-order valence-electron chi connectivity index (χ3n) is 2.86. The molecule has 0 spiro atoms. The summed E-state index contributed by atoms with van der Waals surface area (Å²) in [7, 11) is 0. The quantitative estimate of drug-likeness (QED) is 0.767. The largest absolute Gasteiger partial charge is 0.405 e. The molecule has 1 rings (SSSR count). The van der Waals surface area contributed by atoms with E-state index in [0.29, 0.717) is 19.7 Å². The van der Waals surface area contributed by atoms with E-state index in [1.807, 2.05) is 6.92 Å². The van der Waals surface area contributed by atoms with Crippen LogP contribution in [-0.4, -0.2) is 43.4 Å². The Morgan fingerprint density at radius 3 is 2.76 bits per heavy atom. The molecule has 0 saturated carbocycles. The lowest BCUT2D eigenvalue weighted by molar-refractivity contribution is -0.165. The van der Waals surface area contributed by atoms with Crippen LogP contribution >= 0.6 is 0 Å². The second kappa shape index (κ2) is 6.22. The molecule has 0 aromatic heterocycles. The SMILES string of the molecule is CCOC1CCCN(CC(C#N)C(F)(F)F)C1. The van der Waals surface area contributed by atoms with Gasteiger partial charge in [-0.1, -0.05) is 0 Å². The first-order valence-electron chi connectivity index (χ1n) is 5.77. The molecule has 1 aliphatic rings. The van der Waals surface area contributed by atoms with E-state index in [1.165, 1.54) is 6.07 Å². The number of nitrogens with zero attached hydrogens (tertiary/aromatic N) is 2. The average molecular weight is 250 g/mol. The fourth-order valence-electron chi connectivity index (χ4n) is 2.03. The van der Waals surface area contributed by atoms with Gasteiger partial charge in [0.1, 0.15) is 0 Å². The number of ether oxygens (including phenoxy) is 1. The van der Waals surface area contributed by atoms with E-state index < -0.39 is 12.1 Å². The minimum atomic E-state index is -4.44. The van der Waals surface area contributed by atoms with Gasteiger partial charge >= 0.3 is 6.18 Å². The Kier molecular flexibility index (Phi) is 5.22. The maximum absolute atomic E-state index is 12.4. The Labute approximate surface area is 99.1 Å². The van der Waals surface area contributed by atoms with E-state index >= 15 is 0 Å². The summed E-state index contributed by atoms with van der Waals surface area (Å²) in [6.45, 7) is 3.29. The van der Waals surface area contributed by atoms with Crippen LogP contribution < -0.4 is 0 Å². The van der Waals surface area contributed by atoms with Crippen LogP contribution in [0.3, 0.4) is 0 Å². The van der Waals surface area contributed by atoms with Gasteiger partial charge in [0.2, 0.25) is 0 Å². The van der Waals surface area contributed by atoms with Gasteiger partial charge in [0.15, 0.2) is 5.92 Å². The average Bonchev–Trinajstić information content (AvgIpc) is 2.25. The zero-order valence-electron chi connectivity index (χ0n) is 9.83. The van der Waals surface area contributed by atoms with Crippen molar-refractivity contribution >= 4 is 0 Å². The maximum atomic E-state index is 12.4. The Bertz CT molecular complexity index is 273. The van der Waals surface area contributed by atoms with E-state index in [-0.39, 0.29) is 12.6 Å². The number of nitriles is 1. The van der Waals surface area contributed by atoms with Gasteiger partial charge in [-0.25, -0.2) is 0 Å². The second-order valence-electron chi connectivity index (χ2n) is 4.20. The second-order valence-corrected chi connectivity index (χ2v) is 4.20. The van der Waals surface area contributed by atoms with E-state index in [0.717, 1.165) is 12.8 Å². The van der Waals surface area contributed by atoms with Gasteiger partial charge in [0.05, 0.1) is 12.2 Å². The molecule has 1 aliphatic heterocycles. The zero-order valence-corrected chi connectivity index (χ0v) is 9.83. The molecular weight excluding hydrogens is 233 g/mol. The maximum Gasteiger partial charge on any atom is 0.405 e. The molecule has 3 nitrogen and oxygen atoms in total. The molecule has 0 aromatic rings. The predicted octanol–water partition coefficient (Wildman–Crippen LogP) is 2.19. The lowest BCUT2D eigenvalue weighted by atomic mass is 10.1. The Morgan fingerprint density at radius 1 is 1.53 bits per heavy atom. The molecule has 17 heavy (non-hydrogen) atoms. The molecule has 6 heteroatoms. The number of halogens is 3. The molecule has 0 amide bonds. The van der Waals surface area contributed by atoms with Crippen molar-refractivity contribution in [3.05, 3.63) is 0 Å². The smallest absolute Gasteiger partial charge is 0.377 e. The summed E-state index contributed by atoms with van der Waals surface area (Å²) in [6, 6.07) is 1.33. The third kappa shape index (κ3) is 4.52. The normalized spacial score (nSPS) is 24.3. The molecule has 2 unspecified atom stereocenters. The first-order valence-corrected chi connectivity index (χ1v) is 5.77. The lowest BCUT2D eigenvalue weighted by Gasteiger charge is -2.33. The number of piperidine rings is 1. The van der Waals surface area contributed by atoms with Gasteiger partial charge in [0.25, 0.3) is 0 Å². The highest BCUT2D eigenvalue weighted by Crippen LogP contribution is 2.27. The van der Waals surface area contributed by atoms with Gasteiger partial charge in [0, 0.05) is 19.7 Å². The Hall–Kier alpha value is -0.800. The Balaban J connectivity index is 2.48. The molecule has 0 aromatic carbocycles. The summed E-state index contributed by atoms with van der Waals surface area (Å²) in [4.78, 5) is 1.67. The van der Waals surface area contributed by atoms with Crippen LogP contribution in [0.5, 0.6) is 0 Å². The Morgan fingerprint density at radius 2 is 2.24 bits per heavy atom. The molecule has 1 fully saturated rings. The number of likely N-dealkylation sites (tertiary alicyclic amines) is 1. The van der Waals surface area contributed by atoms with Crippen molar-refractivity contribution < 1.29 is 17.9 Å². The van der Waals surface area contributed by atoms with E-state index in [9.17, 15) is 13.2 Å². The van der Waals surface area contributed by atoms with Gasteiger partial charge in [-0.05, 0) is 26.3 Å². The van der Waals surface area contributed by atoms with Crippen LogP contribution in [0.15, 0.2) is 0 Å². The van der Waals surface area contributed by atoms with Crippen LogP contribution in [0.25, 0.3) is 0 Å². The van der Waals surface area contributed by atoms with Crippen LogP contribution in [0, 0.1) is 17.2 Å². The zero-order chi connectivity index (χ0) is 12.9. The van der Waals surface area contributed by atoms with Crippen molar-refractivity contribution in [2.75, 3.05) is 26.2 Å². The summed E-state index contributed by atoms with van der Waals surface area (Å²) in [5, 5.41) is 8.53. The number of hydrogen-bond acceptors (Lipinski definition) is 3. The van der Waals surface area contributed by atoms with Crippen molar-refractivity contribution in [3.63, 3.8) is 0 Å². The minimum Gasteiger partial charge on any atom is -0.377 e. The fourth-order valence-corrected chi connectivity index (χ4v) is 2.03. The first kappa shape index (κ1) is 14.3. The van der Waals surface area contributed by atoms with Crippen LogP contribution in [-0.2, 0) is 4.74 Å². The van der Waals surface area contributed by atoms with Crippen molar-refractivity contribution in [2.24, 2.45) is 5.92 Å². The summed E-state index contributed by atoms with van der Waals surface area (Å²) in [6.07, 6.45) is -2.73. The van der Waals surface area contributed by atoms with Crippen LogP contribution in [0.4, 0.5) is 13.2 Å². The lowest BCUT2D eigenvalue weighted by Crippen LogP contribution is -2.44. The fraction of sp³-hybridized carbons (Fsp3) is 0.909. The highest BCUT2D eigenvalue weighted by Gasteiger charge is 2.41. The van der Waals surface area contributed by atoms with Gasteiger partial charge < -0.3 is 4.74 Å². The van der Waals surface area contributed by atoms with Gasteiger partial charge in [-0.15, -0.1) is 0 Å². The summed E-state index contributed by atoms with van der Waals surface area (Å²) in [5.41, 5.74) is 0. The number of hydrogen-bond donors (Lipinski definition) is 0. The number of rotatable bonds is 4. The van der Waals surface area contributed by atoms with Crippen molar-refractivity contribution in [2.45, 2.75) is 32.0 Å². The monoisotopic (exact) mass is 250 g/mol. The molecule has 0 bridgehead atoms. The standard InChI is InChI=1S/C11H17F3N2O/c1-2-17-10-4-3-5-16(8-10)7-9(6-15)11(12,13)14/h9-10H,2-5,7-8H2,1H3. The molecule has 98 valence electrons. The molecular formula is C11H17F3N2O. The summed E-state index contributed by atoms with van der Waals surface area (Å²) < 4.78 is 42.7. The van der Waals surface area contributed by atoms with E-state index in [1.54, 1.807) is 4.90 Å². The summed E-state index contributed by atoms with van der Waals surface area (Å²) >= 11 is 0. The van der Waals surface area contributed by atoms with Crippen LogP contribution in [0.1, 0.15) is 19.8 Å². The molecule has 1 heterocycles. The van der Waals surface area contributed by atoms with Gasteiger partial charge in [-0.3, -0.25) is 4.90 Å². The predicted molar refractivity (Wildman–Crippen MR) is 56.2 cm³/mol. The molecule has 0 N–H and O–H groups in total. The topological polar surface area (TPSA) is 36.3 Å².